The number of aliphatic hydroxyl groups is 2. The zero-order chi connectivity index (χ0) is 22.5. The van der Waals surface area contributed by atoms with Crippen LogP contribution in [0.2, 0.25) is 0 Å². The minimum Gasteiger partial charge on any atom is -0.507 e. The molecule has 5 aliphatic rings. The Labute approximate surface area is 186 Å². The number of phosphoric ester groups is 1. The maximum atomic E-state index is 13.1. The topological polar surface area (TPSA) is 133 Å². The molecule has 3 heterocycles. The second kappa shape index (κ2) is 8.65. The maximum absolute atomic E-state index is 13.1. The van der Waals surface area contributed by atoms with E-state index in [2.05, 4.69) is 12.2 Å². The summed E-state index contributed by atoms with van der Waals surface area (Å²) in [5.41, 5.74) is 0. The molecule has 32 heavy (non-hydrogen) atoms. The van der Waals surface area contributed by atoms with Crippen LogP contribution in [0.3, 0.4) is 0 Å². The zero-order valence-corrected chi connectivity index (χ0v) is 18.9. The lowest BCUT2D eigenvalue weighted by Gasteiger charge is -2.49. The van der Waals surface area contributed by atoms with Crippen molar-refractivity contribution in [3.8, 4) is 0 Å². The van der Waals surface area contributed by atoms with Crippen molar-refractivity contribution >= 4 is 13.7 Å². The minimum atomic E-state index is -3.85. The number of rotatable bonds is 7. The first kappa shape index (κ1) is 22.2. The van der Waals surface area contributed by atoms with E-state index >= 15 is 0 Å². The van der Waals surface area contributed by atoms with Crippen molar-refractivity contribution in [1.29, 1.82) is 0 Å². The van der Waals surface area contributed by atoms with E-state index in [9.17, 15) is 19.6 Å². The Morgan fingerprint density at radius 1 is 1.19 bits per heavy atom. The Hall–Kier alpha value is -1.58. The second-order valence-corrected chi connectivity index (χ2v) is 10.6. The Bertz CT molecular complexity index is 873. The van der Waals surface area contributed by atoms with Gasteiger partial charge in [0.25, 0.3) is 0 Å². The van der Waals surface area contributed by atoms with Crippen molar-refractivity contribution in [2.75, 3.05) is 13.4 Å². The van der Waals surface area contributed by atoms with Crippen molar-refractivity contribution in [2.24, 2.45) is 17.8 Å². The van der Waals surface area contributed by atoms with E-state index in [-0.39, 0.29) is 43.2 Å². The molecule has 1 saturated carbocycles. The van der Waals surface area contributed by atoms with Gasteiger partial charge in [-0.2, -0.15) is 0 Å². The van der Waals surface area contributed by atoms with Gasteiger partial charge in [0.1, 0.15) is 18.1 Å². The molecule has 2 aliphatic carbocycles. The number of hydrogen-bond acceptors (Lipinski definition) is 9. The summed E-state index contributed by atoms with van der Waals surface area (Å²) in [7, 11) is -3.85. The third-order valence-corrected chi connectivity index (χ3v) is 8.52. The van der Waals surface area contributed by atoms with Gasteiger partial charge in [0.05, 0.1) is 18.8 Å². The number of carbonyl (C=O) groups is 1. The van der Waals surface area contributed by atoms with Gasteiger partial charge in [-0.15, -0.1) is 0 Å². The van der Waals surface area contributed by atoms with Crippen molar-refractivity contribution < 1.29 is 42.6 Å². The number of hydrogen-bond donors (Lipinski definition) is 3. The monoisotopic (exact) mass is 471 g/mol. The summed E-state index contributed by atoms with van der Waals surface area (Å²) in [4.78, 5) is 12.9. The number of amides is 1. The lowest BCUT2D eigenvalue weighted by atomic mass is 9.64. The average molecular weight is 471 g/mol. The molecule has 3 unspecified atom stereocenters. The predicted molar refractivity (Wildman–Crippen MR) is 110 cm³/mol. The van der Waals surface area contributed by atoms with Gasteiger partial charge in [-0.1, -0.05) is 32.6 Å². The number of allylic oxidation sites excluding steroid dienone is 1. The van der Waals surface area contributed by atoms with Crippen molar-refractivity contribution in [2.45, 2.75) is 69.8 Å². The number of unbranched alkanes of at least 4 members (excludes halogenated alkanes) is 4. The molecule has 11 heteroatoms. The highest BCUT2D eigenvalue weighted by molar-refractivity contribution is 7.48. The van der Waals surface area contributed by atoms with Gasteiger partial charge in [-0.25, -0.2) is 4.57 Å². The molecule has 8 atom stereocenters. The van der Waals surface area contributed by atoms with Gasteiger partial charge in [-0.05, 0) is 24.8 Å². The van der Waals surface area contributed by atoms with E-state index in [0.717, 1.165) is 32.1 Å². The molecule has 0 aromatic rings. The number of phosphoric acid groups is 1. The first-order valence-electron chi connectivity index (χ1n) is 11.4. The highest BCUT2D eigenvalue weighted by Crippen LogP contribution is 2.61. The lowest BCUT2D eigenvalue weighted by Crippen LogP contribution is -2.65. The molecule has 0 aromatic heterocycles. The Kier molecular flexibility index (Phi) is 6.01. The molecule has 0 spiro atoms. The number of carbonyl (C=O) groups excluding carboxylic acids is 1. The Morgan fingerprint density at radius 3 is 2.78 bits per heavy atom. The molecular formula is C21H30NO9P. The highest BCUT2D eigenvalue weighted by Gasteiger charge is 2.62. The largest absolute Gasteiger partial charge is 0.507 e. The van der Waals surface area contributed by atoms with Gasteiger partial charge in [0.15, 0.2) is 11.5 Å². The molecule has 1 amide bonds. The summed E-state index contributed by atoms with van der Waals surface area (Å²) in [5, 5.41) is 24.3. The molecule has 3 aliphatic heterocycles. The summed E-state index contributed by atoms with van der Waals surface area (Å²) < 4.78 is 40.6. The molecule has 0 aromatic carbocycles. The molecule has 0 radical (unpaired) electrons. The number of piperidine rings is 1. The van der Waals surface area contributed by atoms with E-state index < -0.39 is 44.0 Å². The van der Waals surface area contributed by atoms with Gasteiger partial charge < -0.3 is 25.0 Å². The third-order valence-electron chi connectivity index (χ3n) is 7.01. The molecule has 3 saturated heterocycles. The average Bonchev–Trinajstić information content (AvgIpc) is 3.37. The van der Waals surface area contributed by atoms with Crippen LogP contribution >= 0.6 is 7.82 Å². The van der Waals surface area contributed by atoms with Gasteiger partial charge in [0, 0.05) is 5.92 Å². The zero-order valence-electron chi connectivity index (χ0n) is 18.0. The molecule has 10 nitrogen and oxygen atoms in total. The highest BCUT2D eigenvalue weighted by atomic mass is 31.2. The molecule has 4 fully saturated rings. The van der Waals surface area contributed by atoms with Crippen LogP contribution in [0.15, 0.2) is 23.4 Å². The van der Waals surface area contributed by atoms with E-state index in [1.54, 1.807) is 6.08 Å². The Balaban J connectivity index is 1.30. The van der Waals surface area contributed by atoms with E-state index in [4.69, 9.17) is 23.0 Å². The Morgan fingerprint density at radius 2 is 1.97 bits per heavy atom. The fourth-order valence-corrected chi connectivity index (χ4v) is 7.10. The third kappa shape index (κ3) is 3.76. The number of fused-ring (bicyclic) bond motifs is 6. The number of aliphatic hydroxyl groups excluding tert-OH is 2. The van der Waals surface area contributed by atoms with Crippen molar-refractivity contribution in [3.05, 3.63) is 23.4 Å². The first-order chi connectivity index (χ1) is 15.4. The summed E-state index contributed by atoms with van der Waals surface area (Å²) in [5.74, 6) is -1.51. The first-order valence-corrected chi connectivity index (χ1v) is 12.9. The predicted octanol–water partition coefficient (Wildman–Crippen LogP) is 2.65. The van der Waals surface area contributed by atoms with E-state index in [1.165, 1.54) is 0 Å². The minimum absolute atomic E-state index is 0.0242. The van der Waals surface area contributed by atoms with E-state index in [0.29, 0.717) is 5.76 Å². The summed E-state index contributed by atoms with van der Waals surface area (Å²) in [6, 6.07) is -0.547. The fraction of sp³-hybridized carbons (Fsp3) is 0.762. The lowest BCUT2D eigenvalue weighted by molar-refractivity contribution is -0.139. The standard InChI is InChI=1S/C21H30NO9P/c1-2-3-4-5-6-7-29-32(26)30-18-13(23)8-12-11-9-14-19(28-10-27-14)17(24)15(11)21(25)22-16(12)20(18)31-32/h9,11-13,15-16,18,20,23-24H,2-8,10H2,1H3,(H,22,25)/t11?,12-,13+,15?,16-,18-,20+,32?/m1/s1. The van der Waals surface area contributed by atoms with Gasteiger partial charge in [0.2, 0.25) is 18.5 Å². The van der Waals surface area contributed by atoms with Crippen LogP contribution in [-0.2, 0) is 32.4 Å². The van der Waals surface area contributed by atoms with Crippen molar-refractivity contribution in [1.82, 2.24) is 5.32 Å². The van der Waals surface area contributed by atoms with Gasteiger partial charge in [-0.3, -0.25) is 18.4 Å². The molecule has 178 valence electrons. The van der Waals surface area contributed by atoms with E-state index in [1.807, 2.05) is 0 Å². The van der Waals surface area contributed by atoms with Crippen LogP contribution in [0.1, 0.15) is 45.4 Å². The molecular weight excluding hydrogens is 441 g/mol. The number of nitrogens with one attached hydrogen (secondary N) is 1. The van der Waals surface area contributed by atoms with Crippen LogP contribution in [0, 0.1) is 17.8 Å². The van der Waals surface area contributed by atoms with Crippen LogP contribution in [0.4, 0.5) is 0 Å². The van der Waals surface area contributed by atoms with Gasteiger partial charge >= 0.3 is 7.82 Å². The van der Waals surface area contributed by atoms with Crippen LogP contribution in [-0.4, -0.2) is 53.9 Å². The summed E-state index contributed by atoms with van der Waals surface area (Å²) in [6.45, 7) is 2.35. The van der Waals surface area contributed by atoms with Crippen LogP contribution in [0.5, 0.6) is 0 Å². The number of ether oxygens (including phenoxy) is 2. The maximum Gasteiger partial charge on any atom is 0.475 e. The second-order valence-electron chi connectivity index (χ2n) is 9.04. The molecule has 0 bridgehead atoms. The van der Waals surface area contributed by atoms with Crippen LogP contribution < -0.4 is 5.32 Å². The quantitative estimate of drug-likeness (QED) is 0.379. The molecule has 3 N–H and O–H groups in total. The smallest absolute Gasteiger partial charge is 0.475 e. The summed E-state index contributed by atoms with van der Waals surface area (Å²) >= 11 is 0. The normalized spacial score (nSPS) is 42.1. The SMILES string of the molecule is CCCCCCCOP1(=O)O[C@H]2[C@@H]3NC(=O)C4C(O)=C5OCOC5=CC4[C@H]3C[C@H](O)[C@H]2O1. The van der Waals surface area contributed by atoms with Crippen molar-refractivity contribution in [3.63, 3.8) is 0 Å². The summed E-state index contributed by atoms with van der Waals surface area (Å²) in [6.07, 6.45) is 4.50. The van der Waals surface area contributed by atoms with Crippen LogP contribution in [0.25, 0.3) is 0 Å². The molecule has 5 rings (SSSR count). The fourth-order valence-electron chi connectivity index (χ4n) is 5.46.